The average Bonchev–Trinajstić information content (AvgIpc) is 2.46. The van der Waals surface area contributed by atoms with Crippen molar-refractivity contribution in [2.45, 2.75) is 4.90 Å². The SMILES string of the molecule is CN1CCN(S(=O)(=O)c2cncc(C#CCO)c2)CC1. The molecule has 1 aromatic heterocycles. The van der Waals surface area contributed by atoms with Crippen molar-refractivity contribution in [2.75, 3.05) is 39.8 Å². The highest BCUT2D eigenvalue weighted by atomic mass is 32.2. The lowest BCUT2D eigenvalue weighted by Crippen LogP contribution is -2.47. The van der Waals surface area contributed by atoms with Gasteiger partial charge in [-0.25, -0.2) is 8.42 Å². The van der Waals surface area contributed by atoms with Crippen LogP contribution in [0.1, 0.15) is 5.56 Å². The molecule has 0 radical (unpaired) electrons. The van der Waals surface area contributed by atoms with Crippen LogP contribution in [0.2, 0.25) is 0 Å². The van der Waals surface area contributed by atoms with E-state index in [9.17, 15) is 8.42 Å². The van der Waals surface area contributed by atoms with Crippen LogP contribution in [0.15, 0.2) is 23.4 Å². The van der Waals surface area contributed by atoms with Crippen molar-refractivity contribution in [3.63, 3.8) is 0 Å². The zero-order valence-corrected chi connectivity index (χ0v) is 12.1. The quantitative estimate of drug-likeness (QED) is 0.735. The van der Waals surface area contributed by atoms with Gasteiger partial charge in [0, 0.05) is 44.1 Å². The van der Waals surface area contributed by atoms with Crippen LogP contribution in [0.3, 0.4) is 0 Å². The van der Waals surface area contributed by atoms with Crippen LogP contribution in [0, 0.1) is 11.8 Å². The van der Waals surface area contributed by atoms with Crippen molar-refractivity contribution in [1.29, 1.82) is 0 Å². The molecular formula is C13H17N3O3S. The summed E-state index contributed by atoms with van der Waals surface area (Å²) in [6.07, 6.45) is 2.81. The van der Waals surface area contributed by atoms with Crippen LogP contribution in [0.25, 0.3) is 0 Å². The zero-order chi connectivity index (χ0) is 14.6. The molecule has 0 atom stereocenters. The van der Waals surface area contributed by atoms with Crippen LogP contribution in [0.4, 0.5) is 0 Å². The molecule has 1 N–H and O–H groups in total. The fourth-order valence-electron chi connectivity index (χ4n) is 1.95. The molecule has 6 nitrogen and oxygen atoms in total. The first-order chi connectivity index (χ1) is 9.54. The molecule has 1 fully saturated rings. The summed E-state index contributed by atoms with van der Waals surface area (Å²) < 4.78 is 26.4. The molecule has 0 bridgehead atoms. The molecule has 0 unspecified atom stereocenters. The minimum atomic E-state index is -3.52. The lowest BCUT2D eigenvalue weighted by atomic mass is 10.3. The van der Waals surface area contributed by atoms with Gasteiger partial charge in [0.25, 0.3) is 0 Å². The van der Waals surface area contributed by atoms with E-state index in [4.69, 9.17) is 5.11 Å². The van der Waals surface area contributed by atoms with Gasteiger partial charge in [-0.05, 0) is 13.1 Å². The number of hydrogen-bond acceptors (Lipinski definition) is 5. The number of pyridine rings is 1. The molecule has 1 saturated heterocycles. The Kier molecular flexibility index (Phi) is 4.73. The minimum absolute atomic E-state index is 0.145. The van der Waals surface area contributed by atoms with E-state index in [2.05, 4.69) is 21.7 Å². The summed E-state index contributed by atoms with van der Waals surface area (Å²) in [5, 5.41) is 8.66. The first-order valence-electron chi connectivity index (χ1n) is 6.27. The Morgan fingerprint density at radius 2 is 2.00 bits per heavy atom. The van der Waals surface area contributed by atoms with E-state index in [1.165, 1.54) is 22.8 Å². The number of rotatable bonds is 2. The highest BCUT2D eigenvalue weighted by Gasteiger charge is 2.27. The van der Waals surface area contributed by atoms with Crippen LogP contribution in [-0.4, -0.2) is 67.5 Å². The second-order valence-corrected chi connectivity index (χ2v) is 6.51. The van der Waals surface area contributed by atoms with Crippen LogP contribution in [0.5, 0.6) is 0 Å². The summed E-state index contributed by atoms with van der Waals surface area (Å²) in [5.74, 6) is 5.14. The lowest BCUT2D eigenvalue weighted by molar-refractivity contribution is 0.222. The van der Waals surface area contributed by atoms with Crippen LogP contribution in [-0.2, 0) is 10.0 Å². The van der Waals surface area contributed by atoms with Crippen molar-refractivity contribution in [3.05, 3.63) is 24.0 Å². The number of aromatic nitrogens is 1. The normalized spacial score (nSPS) is 17.5. The predicted molar refractivity (Wildman–Crippen MR) is 74.5 cm³/mol. The Labute approximate surface area is 119 Å². The number of aliphatic hydroxyl groups is 1. The number of hydrogen-bond donors (Lipinski definition) is 1. The summed E-state index contributed by atoms with van der Waals surface area (Å²) >= 11 is 0. The molecule has 0 spiro atoms. The van der Waals surface area contributed by atoms with Gasteiger partial charge in [0.15, 0.2) is 0 Å². The lowest BCUT2D eigenvalue weighted by Gasteiger charge is -2.31. The summed E-state index contributed by atoms with van der Waals surface area (Å²) in [7, 11) is -1.55. The summed E-state index contributed by atoms with van der Waals surface area (Å²) in [4.78, 5) is 6.15. The van der Waals surface area contributed by atoms with Gasteiger partial charge in [-0.15, -0.1) is 0 Å². The summed E-state index contributed by atoms with van der Waals surface area (Å²) in [5.41, 5.74) is 0.481. The van der Waals surface area contributed by atoms with Crippen molar-refractivity contribution in [3.8, 4) is 11.8 Å². The summed E-state index contributed by atoms with van der Waals surface area (Å²) in [6, 6.07) is 1.49. The van der Waals surface area contributed by atoms with E-state index in [0.29, 0.717) is 18.7 Å². The highest BCUT2D eigenvalue weighted by molar-refractivity contribution is 7.89. The molecule has 1 aromatic rings. The second kappa shape index (κ2) is 6.33. The standard InChI is InChI=1S/C13H17N3O3S/c1-15-4-6-16(7-5-15)20(18,19)13-9-12(3-2-8-17)10-14-11-13/h9-11,17H,4-8H2,1H3. The third kappa shape index (κ3) is 3.35. The van der Waals surface area contributed by atoms with Gasteiger partial charge < -0.3 is 10.0 Å². The smallest absolute Gasteiger partial charge is 0.244 e. The van der Waals surface area contributed by atoms with Gasteiger partial charge in [0.1, 0.15) is 11.5 Å². The maximum absolute atomic E-state index is 12.5. The van der Waals surface area contributed by atoms with Gasteiger partial charge in [0.05, 0.1) is 0 Å². The largest absolute Gasteiger partial charge is 0.384 e. The van der Waals surface area contributed by atoms with Gasteiger partial charge in [-0.3, -0.25) is 4.98 Å². The van der Waals surface area contributed by atoms with Gasteiger partial charge in [-0.2, -0.15) is 4.31 Å². The Bertz CT molecular complexity index is 626. The van der Waals surface area contributed by atoms with Gasteiger partial charge >= 0.3 is 0 Å². The van der Waals surface area contributed by atoms with Gasteiger partial charge in [0.2, 0.25) is 10.0 Å². The van der Waals surface area contributed by atoms with E-state index < -0.39 is 10.0 Å². The molecule has 0 amide bonds. The van der Waals surface area contributed by atoms with E-state index in [-0.39, 0.29) is 11.5 Å². The number of nitrogens with zero attached hydrogens (tertiary/aromatic N) is 3. The predicted octanol–water partition coefficient (Wildman–Crippen LogP) is -0.638. The first kappa shape index (κ1) is 14.9. The molecule has 0 aliphatic carbocycles. The molecule has 108 valence electrons. The Hall–Kier alpha value is -1.46. The second-order valence-electron chi connectivity index (χ2n) is 4.58. The zero-order valence-electron chi connectivity index (χ0n) is 11.3. The Morgan fingerprint density at radius 1 is 1.30 bits per heavy atom. The fraction of sp³-hybridized carbons (Fsp3) is 0.462. The highest BCUT2D eigenvalue weighted by Crippen LogP contribution is 2.17. The monoisotopic (exact) mass is 295 g/mol. The van der Waals surface area contributed by atoms with Crippen molar-refractivity contribution in [1.82, 2.24) is 14.2 Å². The topological polar surface area (TPSA) is 73.7 Å². The Morgan fingerprint density at radius 3 is 2.65 bits per heavy atom. The maximum atomic E-state index is 12.5. The molecule has 7 heteroatoms. The first-order valence-corrected chi connectivity index (χ1v) is 7.71. The number of likely N-dealkylation sites (N-methyl/N-ethyl adjacent to an activating group) is 1. The molecule has 0 aromatic carbocycles. The van der Waals surface area contributed by atoms with Gasteiger partial charge in [-0.1, -0.05) is 11.8 Å². The molecule has 1 aliphatic rings. The molecule has 1 aliphatic heterocycles. The third-order valence-corrected chi connectivity index (χ3v) is 4.99. The van der Waals surface area contributed by atoms with E-state index in [1.807, 2.05) is 7.05 Å². The third-order valence-electron chi connectivity index (χ3n) is 3.12. The fourth-order valence-corrected chi connectivity index (χ4v) is 3.36. The van der Waals surface area contributed by atoms with Crippen LogP contribution < -0.4 is 0 Å². The molecule has 20 heavy (non-hydrogen) atoms. The average molecular weight is 295 g/mol. The maximum Gasteiger partial charge on any atom is 0.244 e. The minimum Gasteiger partial charge on any atom is -0.384 e. The van der Waals surface area contributed by atoms with Crippen molar-refractivity contribution in [2.24, 2.45) is 0 Å². The van der Waals surface area contributed by atoms with E-state index in [0.717, 1.165) is 13.1 Å². The van der Waals surface area contributed by atoms with Crippen LogP contribution >= 0.6 is 0 Å². The molecular weight excluding hydrogens is 278 g/mol. The molecule has 0 saturated carbocycles. The number of aliphatic hydroxyl groups excluding tert-OH is 1. The number of piperazine rings is 1. The Balaban J connectivity index is 2.25. The molecule has 2 heterocycles. The number of sulfonamides is 1. The van der Waals surface area contributed by atoms with Crippen molar-refractivity contribution >= 4 is 10.0 Å². The van der Waals surface area contributed by atoms with E-state index in [1.54, 1.807) is 0 Å². The van der Waals surface area contributed by atoms with Crippen molar-refractivity contribution < 1.29 is 13.5 Å². The summed E-state index contributed by atoms with van der Waals surface area (Å²) in [6.45, 7) is 2.12. The molecule has 2 rings (SSSR count). The van der Waals surface area contributed by atoms with E-state index >= 15 is 0 Å².